The number of benzene rings is 1. The van der Waals surface area contributed by atoms with Crippen molar-refractivity contribution in [3.8, 4) is 0 Å². The Balaban J connectivity index is 2.17. The third kappa shape index (κ3) is 4.15. The molecule has 0 aliphatic carbocycles. The smallest absolute Gasteiger partial charge is 0.261 e. The van der Waals surface area contributed by atoms with E-state index in [-0.39, 0.29) is 17.7 Å². The van der Waals surface area contributed by atoms with Gasteiger partial charge in [0.2, 0.25) is 0 Å². The molecule has 2 unspecified atom stereocenters. The summed E-state index contributed by atoms with van der Waals surface area (Å²) in [4.78, 5) is 11.6. The molecule has 1 aromatic rings. The van der Waals surface area contributed by atoms with E-state index in [1.54, 1.807) is 6.92 Å². The highest BCUT2D eigenvalue weighted by atomic mass is 35.7. The van der Waals surface area contributed by atoms with Crippen LogP contribution in [0.25, 0.3) is 0 Å². The van der Waals surface area contributed by atoms with Gasteiger partial charge in [0.15, 0.2) is 0 Å². The number of amides is 1. The van der Waals surface area contributed by atoms with E-state index in [0.29, 0.717) is 6.61 Å². The summed E-state index contributed by atoms with van der Waals surface area (Å²) in [7, 11) is 1.07. The lowest BCUT2D eigenvalue weighted by atomic mass is 10.1. The topological polar surface area (TPSA) is 72.5 Å². The van der Waals surface area contributed by atoms with Gasteiger partial charge in [0, 0.05) is 22.9 Å². The predicted octanol–water partition coefficient (Wildman–Crippen LogP) is 2.05. The minimum atomic E-state index is -4.10. The SMILES string of the molecule is CC(NC(=O)c1cc(F)cc(S(=O)(=O)Cl)c1)C1CCCO1. The van der Waals surface area contributed by atoms with E-state index in [1.807, 2.05) is 0 Å². The first-order valence-electron chi connectivity index (χ1n) is 6.45. The summed E-state index contributed by atoms with van der Waals surface area (Å²) in [5.74, 6) is -1.41. The van der Waals surface area contributed by atoms with Gasteiger partial charge >= 0.3 is 0 Å². The molecule has 0 radical (unpaired) electrons. The van der Waals surface area contributed by atoms with E-state index in [4.69, 9.17) is 15.4 Å². The molecule has 1 aliphatic rings. The first-order chi connectivity index (χ1) is 9.77. The second-order valence-corrected chi connectivity index (χ2v) is 7.49. The maximum absolute atomic E-state index is 13.4. The van der Waals surface area contributed by atoms with Crippen molar-refractivity contribution >= 4 is 25.6 Å². The number of carbonyl (C=O) groups is 1. The first kappa shape index (κ1) is 16.2. The van der Waals surface area contributed by atoms with Crippen LogP contribution in [0.3, 0.4) is 0 Å². The fourth-order valence-corrected chi connectivity index (χ4v) is 3.00. The van der Waals surface area contributed by atoms with Gasteiger partial charge in [0.05, 0.1) is 17.0 Å². The Hall–Kier alpha value is -1.18. The van der Waals surface area contributed by atoms with Gasteiger partial charge in [-0.25, -0.2) is 12.8 Å². The quantitative estimate of drug-likeness (QED) is 0.855. The number of halogens is 2. The van der Waals surface area contributed by atoms with Gasteiger partial charge in [0.1, 0.15) is 5.82 Å². The molecular weight excluding hydrogens is 321 g/mol. The fourth-order valence-electron chi connectivity index (χ4n) is 2.21. The maximum atomic E-state index is 13.4. The molecule has 2 atom stereocenters. The Bertz CT molecular complexity index is 644. The predicted molar refractivity (Wildman–Crippen MR) is 75.3 cm³/mol. The number of hydrogen-bond acceptors (Lipinski definition) is 4. The van der Waals surface area contributed by atoms with Crippen LogP contribution < -0.4 is 5.32 Å². The average molecular weight is 336 g/mol. The van der Waals surface area contributed by atoms with Gasteiger partial charge in [-0.3, -0.25) is 4.79 Å². The normalized spacial score (nSPS) is 20.2. The molecule has 0 bridgehead atoms. The molecule has 1 aromatic carbocycles. The number of rotatable bonds is 4. The van der Waals surface area contributed by atoms with Gasteiger partial charge in [-0.1, -0.05) is 0 Å². The number of hydrogen-bond donors (Lipinski definition) is 1. The van der Waals surface area contributed by atoms with Gasteiger partial charge in [-0.2, -0.15) is 0 Å². The molecule has 0 saturated carbocycles. The third-order valence-electron chi connectivity index (χ3n) is 3.30. The lowest BCUT2D eigenvalue weighted by Gasteiger charge is -2.20. The van der Waals surface area contributed by atoms with E-state index < -0.39 is 25.7 Å². The zero-order chi connectivity index (χ0) is 15.6. The third-order valence-corrected chi connectivity index (χ3v) is 4.63. The molecular formula is C13H15ClFNO4S. The van der Waals surface area contributed by atoms with Crippen LogP contribution >= 0.6 is 10.7 Å². The van der Waals surface area contributed by atoms with Crippen molar-refractivity contribution in [2.24, 2.45) is 0 Å². The van der Waals surface area contributed by atoms with Crippen molar-refractivity contribution in [2.75, 3.05) is 6.61 Å². The van der Waals surface area contributed by atoms with Crippen molar-refractivity contribution in [1.29, 1.82) is 0 Å². The fraction of sp³-hybridized carbons (Fsp3) is 0.462. The zero-order valence-corrected chi connectivity index (χ0v) is 12.9. The molecule has 8 heteroatoms. The number of nitrogens with one attached hydrogen (secondary N) is 1. The van der Waals surface area contributed by atoms with Crippen LogP contribution in [0.2, 0.25) is 0 Å². The molecule has 1 amide bonds. The minimum absolute atomic E-state index is 0.0845. The summed E-state index contributed by atoms with van der Waals surface area (Å²) in [6.07, 6.45) is 1.68. The summed E-state index contributed by atoms with van der Waals surface area (Å²) in [6, 6.07) is 2.52. The van der Waals surface area contributed by atoms with Crippen LogP contribution in [0.15, 0.2) is 23.1 Å². The minimum Gasteiger partial charge on any atom is -0.376 e. The molecule has 1 N–H and O–H groups in total. The lowest BCUT2D eigenvalue weighted by Crippen LogP contribution is -2.40. The zero-order valence-electron chi connectivity index (χ0n) is 11.3. The van der Waals surface area contributed by atoms with Crippen LogP contribution in [0, 0.1) is 5.82 Å². The monoisotopic (exact) mass is 335 g/mol. The van der Waals surface area contributed by atoms with Crippen molar-refractivity contribution in [1.82, 2.24) is 5.32 Å². The van der Waals surface area contributed by atoms with Gasteiger partial charge < -0.3 is 10.1 Å². The van der Waals surface area contributed by atoms with E-state index in [1.165, 1.54) is 0 Å². The molecule has 1 saturated heterocycles. The molecule has 5 nitrogen and oxygen atoms in total. The Morgan fingerprint density at radius 2 is 2.19 bits per heavy atom. The summed E-state index contributed by atoms with van der Waals surface area (Å²) in [5.41, 5.74) is -0.0981. The molecule has 1 heterocycles. The van der Waals surface area contributed by atoms with Gasteiger partial charge in [0.25, 0.3) is 15.0 Å². The Morgan fingerprint density at radius 1 is 1.48 bits per heavy atom. The summed E-state index contributed by atoms with van der Waals surface area (Å²) in [6.45, 7) is 2.44. The highest BCUT2D eigenvalue weighted by molar-refractivity contribution is 8.13. The lowest BCUT2D eigenvalue weighted by molar-refractivity contribution is 0.0712. The molecule has 0 aromatic heterocycles. The van der Waals surface area contributed by atoms with Crippen molar-refractivity contribution in [3.05, 3.63) is 29.6 Å². The number of carbonyl (C=O) groups excluding carboxylic acids is 1. The molecule has 116 valence electrons. The average Bonchev–Trinajstić information content (AvgIpc) is 2.90. The van der Waals surface area contributed by atoms with E-state index in [2.05, 4.69) is 5.32 Å². The summed E-state index contributed by atoms with van der Waals surface area (Å²) < 4.78 is 41.4. The van der Waals surface area contributed by atoms with Gasteiger partial charge in [-0.15, -0.1) is 0 Å². The Morgan fingerprint density at radius 3 is 2.76 bits per heavy atom. The van der Waals surface area contributed by atoms with Crippen molar-refractivity contribution in [2.45, 2.75) is 36.8 Å². The second-order valence-electron chi connectivity index (χ2n) is 4.93. The van der Waals surface area contributed by atoms with Crippen LogP contribution in [0.1, 0.15) is 30.1 Å². The van der Waals surface area contributed by atoms with Gasteiger partial charge in [-0.05, 0) is 38.0 Å². The maximum Gasteiger partial charge on any atom is 0.261 e. The van der Waals surface area contributed by atoms with E-state index >= 15 is 0 Å². The van der Waals surface area contributed by atoms with Crippen LogP contribution in [-0.2, 0) is 13.8 Å². The molecule has 1 aliphatic heterocycles. The highest BCUT2D eigenvalue weighted by Gasteiger charge is 2.24. The van der Waals surface area contributed by atoms with Crippen molar-refractivity contribution < 1.29 is 22.3 Å². The first-order valence-corrected chi connectivity index (χ1v) is 8.76. The van der Waals surface area contributed by atoms with E-state index in [9.17, 15) is 17.6 Å². The van der Waals surface area contributed by atoms with Crippen molar-refractivity contribution in [3.63, 3.8) is 0 Å². The largest absolute Gasteiger partial charge is 0.376 e. The van der Waals surface area contributed by atoms with Crippen LogP contribution in [0.4, 0.5) is 4.39 Å². The molecule has 0 spiro atoms. The summed E-state index contributed by atoms with van der Waals surface area (Å²) in [5, 5.41) is 2.68. The van der Waals surface area contributed by atoms with E-state index in [0.717, 1.165) is 31.0 Å². The highest BCUT2D eigenvalue weighted by Crippen LogP contribution is 2.19. The van der Waals surface area contributed by atoms with Crippen LogP contribution in [-0.4, -0.2) is 33.1 Å². The Labute approximate surface area is 126 Å². The number of ether oxygens (including phenoxy) is 1. The standard InChI is InChI=1S/C13H15ClFNO4S/c1-8(12-3-2-4-20-12)16-13(17)9-5-10(15)7-11(6-9)21(14,18)19/h5-8,12H,2-4H2,1H3,(H,16,17). The molecule has 21 heavy (non-hydrogen) atoms. The second kappa shape index (κ2) is 6.29. The van der Waals surface area contributed by atoms with Crippen LogP contribution in [0.5, 0.6) is 0 Å². The molecule has 2 rings (SSSR count). The Kier molecular flexibility index (Phi) is 4.85. The molecule has 1 fully saturated rings. The summed E-state index contributed by atoms with van der Waals surface area (Å²) >= 11 is 0.